The van der Waals surface area contributed by atoms with E-state index in [1.54, 1.807) is 7.11 Å². The molecule has 0 aromatic heterocycles. The van der Waals surface area contributed by atoms with Gasteiger partial charge in [-0.2, -0.15) is 5.06 Å². The number of hydroxylamine groups is 1. The van der Waals surface area contributed by atoms with Crippen molar-refractivity contribution in [2.45, 2.75) is 49.3 Å². The SMILES string of the molecule is CC[C@@]12COCN1[C@H]1C[C@@]3(C(=O)N(OC)c4ccccc43)[C@H]3C[C@@H]2[C@@H]1CO3. The van der Waals surface area contributed by atoms with Gasteiger partial charge in [-0.25, -0.2) is 0 Å². The second-order valence-corrected chi connectivity index (χ2v) is 8.77. The van der Waals surface area contributed by atoms with Gasteiger partial charge in [0.05, 0.1) is 38.8 Å². The summed E-state index contributed by atoms with van der Waals surface area (Å²) >= 11 is 0. The predicted molar refractivity (Wildman–Crippen MR) is 98.0 cm³/mol. The van der Waals surface area contributed by atoms with E-state index in [-0.39, 0.29) is 17.6 Å². The van der Waals surface area contributed by atoms with Crippen LogP contribution in [0.3, 0.4) is 0 Å². The molecule has 1 spiro atoms. The van der Waals surface area contributed by atoms with E-state index in [1.165, 1.54) is 5.06 Å². The van der Waals surface area contributed by atoms with Crippen molar-refractivity contribution in [3.05, 3.63) is 29.8 Å². The van der Waals surface area contributed by atoms with Crippen LogP contribution in [0, 0.1) is 11.8 Å². The number of para-hydroxylation sites is 1. The van der Waals surface area contributed by atoms with Crippen molar-refractivity contribution in [2.75, 3.05) is 32.1 Å². The van der Waals surface area contributed by atoms with Gasteiger partial charge in [-0.1, -0.05) is 25.1 Å². The Morgan fingerprint density at radius 2 is 2.19 bits per heavy atom. The van der Waals surface area contributed by atoms with Gasteiger partial charge in [0, 0.05) is 17.5 Å². The van der Waals surface area contributed by atoms with Crippen molar-refractivity contribution < 1.29 is 19.1 Å². The Bertz CT molecular complexity index is 815. The number of carbonyl (C=O) groups excluding carboxylic acids is 1. The number of amides is 1. The van der Waals surface area contributed by atoms with Gasteiger partial charge in [0.2, 0.25) is 0 Å². The molecule has 1 aromatic carbocycles. The standard InChI is InChI=1S/C21H26N2O4/c1-3-20-11-26-12-22(20)17-9-21(18-8-15(20)13(17)10-27-18)14-6-4-5-7-16(14)23(25-2)19(21)24/h4-7,13,15,17-18H,3,8-12H2,1-2H3/t13-,15+,17-,18+,20-,21-/m0/s1. The van der Waals surface area contributed by atoms with Crippen LogP contribution in [0.4, 0.5) is 5.69 Å². The molecule has 6 atom stereocenters. The average molecular weight is 370 g/mol. The summed E-state index contributed by atoms with van der Waals surface area (Å²) in [6.07, 6.45) is 2.72. The molecule has 6 aliphatic rings. The number of hydrogen-bond acceptors (Lipinski definition) is 5. The van der Waals surface area contributed by atoms with Crippen LogP contribution in [0.5, 0.6) is 0 Å². The maximum atomic E-state index is 13.7. The fourth-order valence-electron chi connectivity index (χ4n) is 7.08. The zero-order valence-electron chi connectivity index (χ0n) is 15.9. The van der Waals surface area contributed by atoms with Crippen molar-refractivity contribution in [1.82, 2.24) is 4.90 Å². The maximum absolute atomic E-state index is 13.7. The van der Waals surface area contributed by atoms with Gasteiger partial charge in [0.25, 0.3) is 5.91 Å². The van der Waals surface area contributed by atoms with E-state index in [1.807, 2.05) is 18.2 Å². The molecule has 5 fully saturated rings. The van der Waals surface area contributed by atoms with E-state index in [2.05, 4.69) is 17.9 Å². The average Bonchev–Trinajstić information content (AvgIpc) is 3.22. The molecule has 27 heavy (non-hydrogen) atoms. The summed E-state index contributed by atoms with van der Waals surface area (Å²) < 4.78 is 12.4. The molecule has 4 bridgehead atoms. The monoisotopic (exact) mass is 370 g/mol. The highest BCUT2D eigenvalue weighted by Gasteiger charge is 2.70. The lowest BCUT2D eigenvalue weighted by molar-refractivity contribution is -0.140. The fraction of sp³-hybridized carbons (Fsp3) is 0.667. The smallest absolute Gasteiger partial charge is 0.264 e. The maximum Gasteiger partial charge on any atom is 0.264 e. The Balaban J connectivity index is 1.53. The van der Waals surface area contributed by atoms with Gasteiger partial charge < -0.3 is 9.47 Å². The third-order valence-electron chi connectivity index (χ3n) is 8.26. The Labute approximate surface area is 159 Å². The topological polar surface area (TPSA) is 51.2 Å². The van der Waals surface area contributed by atoms with Crippen molar-refractivity contribution in [2.24, 2.45) is 11.8 Å². The molecule has 1 aliphatic carbocycles. The highest BCUT2D eigenvalue weighted by atomic mass is 16.7. The van der Waals surface area contributed by atoms with Crippen molar-refractivity contribution >= 4 is 11.6 Å². The number of nitrogens with zero attached hydrogens (tertiary/aromatic N) is 2. The van der Waals surface area contributed by atoms with Crippen molar-refractivity contribution in [1.29, 1.82) is 0 Å². The molecule has 0 N–H and O–H groups in total. The molecule has 6 nitrogen and oxygen atoms in total. The second kappa shape index (κ2) is 5.32. The number of hydrogen-bond donors (Lipinski definition) is 0. The van der Waals surface area contributed by atoms with Gasteiger partial charge in [0.15, 0.2) is 0 Å². The lowest BCUT2D eigenvalue weighted by atomic mass is 9.68. The zero-order valence-corrected chi connectivity index (χ0v) is 15.9. The highest BCUT2D eigenvalue weighted by Crippen LogP contribution is 2.62. The van der Waals surface area contributed by atoms with Crippen LogP contribution < -0.4 is 5.06 Å². The third kappa shape index (κ3) is 1.70. The normalized spacial score (nSPS) is 44.8. The summed E-state index contributed by atoms with van der Waals surface area (Å²) in [5, 5.41) is 1.48. The summed E-state index contributed by atoms with van der Waals surface area (Å²) in [6.45, 7) is 4.53. The summed E-state index contributed by atoms with van der Waals surface area (Å²) in [5.41, 5.74) is 1.41. The van der Waals surface area contributed by atoms with E-state index < -0.39 is 5.41 Å². The van der Waals surface area contributed by atoms with Gasteiger partial charge >= 0.3 is 0 Å². The van der Waals surface area contributed by atoms with Gasteiger partial charge in [0.1, 0.15) is 5.41 Å². The van der Waals surface area contributed by atoms with E-state index >= 15 is 0 Å². The minimum atomic E-state index is -0.650. The number of anilines is 1. The molecular formula is C21H26N2O4. The molecule has 0 unspecified atom stereocenters. The molecule has 5 aliphatic heterocycles. The van der Waals surface area contributed by atoms with E-state index in [4.69, 9.17) is 14.3 Å². The molecule has 1 amide bonds. The Morgan fingerprint density at radius 1 is 1.33 bits per heavy atom. The Hall–Kier alpha value is -1.47. The van der Waals surface area contributed by atoms with Crippen LogP contribution in [0.1, 0.15) is 31.7 Å². The summed E-state index contributed by atoms with van der Waals surface area (Å²) in [7, 11) is 1.57. The van der Waals surface area contributed by atoms with Crippen molar-refractivity contribution in [3.8, 4) is 0 Å². The van der Waals surface area contributed by atoms with Crippen LogP contribution in [-0.4, -0.2) is 55.5 Å². The number of rotatable bonds is 2. The molecule has 144 valence electrons. The van der Waals surface area contributed by atoms with Crippen LogP contribution in [0.25, 0.3) is 0 Å². The molecule has 4 saturated heterocycles. The predicted octanol–water partition coefficient (Wildman–Crippen LogP) is 2.08. The van der Waals surface area contributed by atoms with Crippen LogP contribution in [0.15, 0.2) is 24.3 Å². The first-order chi connectivity index (χ1) is 13.2. The first-order valence-electron chi connectivity index (χ1n) is 10.1. The summed E-state index contributed by atoms with van der Waals surface area (Å²) in [4.78, 5) is 21.8. The molecular weight excluding hydrogens is 344 g/mol. The van der Waals surface area contributed by atoms with Gasteiger partial charge in [-0.05, 0) is 36.8 Å². The molecule has 1 aromatic rings. The molecule has 1 saturated carbocycles. The highest BCUT2D eigenvalue weighted by molar-refractivity contribution is 6.07. The quantitative estimate of drug-likeness (QED) is 0.798. The largest absolute Gasteiger partial charge is 0.376 e. The number of benzene rings is 1. The number of carbonyl (C=O) groups is 1. The fourth-order valence-corrected chi connectivity index (χ4v) is 7.08. The molecule has 0 radical (unpaired) electrons. The van der Waals surface area contributed by atoms with Crippen LogP contribution >= 0.6 is 0 Å². The Morgan fingerprint density at radius 3 is 3.00 bits per heavy atom. The van der Waals surface area contributed by atoms with E-state index in [9.17, 15) is 4.79 Å². The number of ether oxygens (including phenoxy) is 2. The summed E-state index contributed by atoms with van der Waals surface area (Å²) in [6, 6.07) is 8.39. The molecule has 6 heteroatoms. The van der Waals surface area contributed by atoms with Crippen molar-refractivity contribution in [3.63, 3.8) is 0 Å². The minimum absolute atomic E-state index is 0.0339. The van der Waals surface area contributed by atoms with E-state index in [0.717, 1.165) is 43.7 Å². The van der Waals surface area contributed by atoms with E-state index in [0.29, 0.717) is 24.6 Å². The second-order valence-electron chi connectivity index (χ2n) is 8.77. The minimum Gasteiger partial charge on any atom is -0.376 e. The summed E-state index contributed by atoms with van der Waals surface area (Å²) in [5.74, 6) is 1.05. The van der Waals surface area contributed by atoms with Gasteiger partial charge in [-0.3, -0.25) is 14.5 Å². The first kappa shape index (κ1) is 16.5. The lowest BCUT2D eigenvalue weighted by Crippen LogP contribution is -2.57. The lowest BCUT2D eigenvalue weighted by Gasteiger charge is -2.45. The number of fused-ring (bicyclic) bond motifs is 3. The van der Waals surface area contributed by atoms with Gasteiger partial charge in [-0.15, -0.1) is 0 Å². The first-order valence-corrected chi connectivity index (χ1v) is 10.1. The Kier molecular flexibility index (Phi) is 3.25. The zero-order chi connectivity index (χ0) is 18.4. The third-order valence-corrected chi connectivity index (χ3v) is 8.26. The molecule has 7 rings (SSSR count). The molecule has 5 heterocycles. The van der Waals surface area contributed by atoms with Crippen LogP contribution in [0.2, 0.25) is 0 Å². The van der Waals surface area contributed by atoms with Crippen LogP contribution in [-0.2, 0) is 24.5 Å².